The lowest BCUT2D eigenvalue weighted by atomic mass is 9.70. The van der Waals surface area contributed by atoms with Gasteiger partial charge in [0, 0.05) is 25.0 Å². The first-order valence-electron chi connectivity index (χ1n) is 6.69. The molecule has 1 aromatic heterocycles. The molecular weight excluding hydrogens is 248 g/mol. The lowest BCUT2D eigenvalue weighted by Gasteiger charge is -2.48. The van der Waals surface area contributed by atoms with E-state index in [0.717, 1.165) is 25.0 Å². The van der Waals surface area contributed by atoms with Crippen molar-refractivity contribution in [3.05, 3.63) is 29.0 Å². The maximum absolute atomic E-state index is 6.40. The number of hydrogen-bond donors (Lipinski definition) is 1. The number of hydrogen-bond acceptors (Lipinski definition) is 3. The molecule has 2 atom stereocenters. The Labute approximate surface area is 113 Å². The summed E-state index contributed by atoms with van der Waals surface area (Å²) in [4.78, 5) is 4.02. The summed E-state index contributed by atoms with van der Waals surface area (Å²) in [6.07, 6.45) is 9.22. The molecular formula is C14H19ClN2O. The Morgan fingerprint density at radius 3 is 3.00 bits per heavy atom. The highest BCUT2D eigenvalue weighted by Crippen LogP contribution is 2.47. The molecule has 18 heavy (non-hydrogen) atoms. The van der Waals surface area contributed by atoms with Crippen LogP contribution in [-0.4, -0.2) is 17.2 Å². The normalized spacial score (nSPS) is 27.8. The first kappa shape index (κ1) is 12.4. The minimum atomic E-state index is 0.00174. The van der Waals surface area contributed by atoms with E-state index >= 15 is 0 Å². The van der Waals surface area contributed by atoms with Crippen molar-refractivity contribution in [1.82, 2.24) is 4.98 Å². The molecule has 1 aliphatic heterocycles. The van der Waals surface area contributed by atoms with E-state index in [-0.39, 0.29) is 11.6 Å². The average Bonchev–Trinajstić information content (AvgIpc) is 2.37. The molecule has 1 spiro atoms. The van der Waals surface area contributed by atoms with Gasteiger partial charge in [0.15, 0.2) is 0 Å². The summed E-state index contributed by atoms with van der Waals surface area (Å²) < 4.78 is 5.95. The fourth-order valence-electron chi connectivity index (χ4n) is 3.20. The maximum Gasteiger partial charge on any atom is 0.0686 e. The quantitative estimate of drug-likeness (QED) is 0.895. The minimum Gasteiger partial charge on any atom is -0.375 e. The van der Waals surface area contributed by atoms with Crippen LogP contribution in [0.15, 0.2) is 18.5 Å². The number of ether oxygens (including phenoxy) is 1. The van der Waals surface area contributed by atoms with Crippen LogP contribution in [0.3, 0.4) is 0 Å². The van der Waals surface area contributed by atoms with Gasteiger partial charge >= 0.3 is 0 Å². The van der Waals surface area contributed by atoms with Gasteiger partial charge in [0.1, 0.15) is 0 Å². The second kappa shape index (κ2) is 4.80. The van der Waals surface area contributed by atoms with Crippen molar-refractivity contribution in [1.29, 1.82) is 0 Å². The van der Waals surface area contributed by atoms with E-state index < -0.39 is 0 Å². The van der Waals surface area contributed by atoms with Crippen LogP contribution >= 0.6 is 11.6 Å². The second-order valence-corrected chi connectivity index (χ2v) is 5.97. The van der Waals surface area contributed by atoms with E-state index in [9.17, 15) is 0 Å². The average molecular weight is 267 g/mol. The predicted octanol–water partition coefficient (Wildman–Crippen LogP) is 3.08. The van der Waals surface area contributed by atoms with E-state index in [2.05, 4.69) is 4.98 Å². The zero-order valence-electron chi connectivity index (χ0n) is 10.4. The highest BCUT2D eigenvalue weighted by atomic mass is 35.5. The third-order valence-corrected chi connectivity index (χ3v) is 4.78. The standard InChI is InChI=1S/C14H19ClN2O/c15-12-9-17-6-2-11(12)13(16)10-3-7-18-14(8-10)4-1-5-14/h2,6,9-10,13H,1,3-5,7-8,16H2. The molecule has 0 radical (unpaired) electrons. The van der Waals surface area contributed by atoms with Crippen molar-refractivity contribution in [3.8, 4) is 0 Å². The SMILES string of the molecule is NC(c1ccncc1Cl)C1CCOC2(CCC2)C1. The van der Waals surface area contributed by atoms with Crippen LogP contribution in [0.25, 0.3) is 0 Å². The van der Waals surface area contributed by atoms with E-state index in [1.165, 1.54) is 19.3 Å². The van der Waals surface area contributed by atoms with E-state index in [4.69, 9.17) is 22.1 Å². The smallest absolute Gasteiger partial charge is 0.0686 e. The molecule has 4 heteroatoms. The molecule has 3 rings (SSSR count). The summed E-state index contributed by atoms with van der Waals surface area (Å²) >= 11 is 6.18. The fraction of sp³-hybridized carbons (Fsp3) is 0.643. The van der Waals surface area contributed by atoms with Crippen molar-refractivity contribution in [2.75, 3.05) is 6.61 Å². The largest absolute Gasteiger partial charge is 0.375 e. The van der Waals surface area contributed by atoms with Crippen molar-refractivity contribution >= 4 is 11.6 Å². The molecule has 2 fully saturated rings. The van der Waals surface area contributed by atoms with Crippen molar-refractivity contribution in [2.24, 2.45) is 11.7 Å². The Bertz CT molecular complexity index is 434. The third kappa shape index (κ3) is 2.15. The van der Waals surface area contributed by atoms with Gasteiger partial charge in [-0.25, -0.2) is 0 Å². The maximum atomic E-state index is 6.40. The number of aromatic nitrogens is 1. The van der Waals surface area contributed by atoms with Gasteiger partial charge in [-0.15, -0.1) is 0 Å². The zero-order chi connectivity index (χ0) is 12.6. The van der Waals surface area contributed by atoms with Crippen LogP contribution in [0.1, 0.15) is 43.7 Å². The van der Waals surface area contributed by atoms with Gasteiger partial charge in [0.05, 0.1) is 10.6 Å². The van der Waals surface area contributed by atoms with E-state index in [1.54, 1.807) is 12.4 Å². The van der Waals surface area contributed by atoms with Crippen LogP contribution in [0.2, 0.25) is 5.02 Å². The first-order valence-corrected chi connectivity index (χ1v) is 7.07. The Balaban J connectivity index is 1.76. The molecule has 2 aliphatic rings. The minimum absolute atomic E-state index is 0.00174. The Morgan fingerprint density at radius 2 is 2.33 bits per heavy atom. The Kier molecular flexibility index (Phi) is 3.31. The monoisotopic (exact) mass is 266 g/mol. The molecule has 1 aliphatic carbocycles. The molecule has 2 N–H and O–H groups in total. The van der Waals surface area contributed by atoms with Gasteiger partial charge in [-0.1, -0.05) is 11.6 Å². The highest BCUT2D eigenvalue weighted by molar-refractivity contribution is 6.31. The summed E-state index contributed by atoms with van der Waals surface area (Å²) in [7, 11) is 0. The number of nitrogens with zero attached hydrogens (tertiary/aromatic N) is 1. The molecule has 0 aromatic carbocycles. The number of pyridine rings is 1. The predicted molar refractivity (Wildman–Crippen MR) is 71.4 cm³/mol. The molecule has 98 valence electrons. The Hall–Kier alpha value is -0.640. The topological polar surface area (TPSA) is 48.1 Å². The summed E-state index contributed by atoms with van der Waals surface area (Å²) in [6, 6.07) is 1.94. The number of halogens is 1. The van der Waals surface area contributed by atoms with Crippen molar-refractivity contribution in [2.45, 2.75) is 43.7 Å². The van der Waals surface area contributed by atoms with Gasteiger partial charge in [-0.2, -0.15) is 0 Å². The molecule has 0 bridgehead atoms. The van der Waals surface area contributed by atoms with Gasteiger partial charge in [-0.05, 0) is 49.7 Å². The molecule has 1 saturated carbocycles. The number of rotatable bonds is 2. The summed E-state index contributed by atoms with van der Waals surface area (Å²) in [6.45, 7) is 0.834. The summed E-state index contributed by atoms with van der Waals surface area (Å²) in [5.74, 6) is 0.471. The molecule has 1 saturated heterocycles. The van der Waals surface area contributed by atoms with Crippen LogP contribution in [0.5, 0.6) is 0 Å². The van der Waals surface area contributed by atoms with Crippen LogP contribution in [0, 0.1) is 5.92 Å². The second-order valence-electron chi connectivity index (χ2n) is 5.56. The van der Waals surface area contributed by atoms with E-state index in [0.29, 0.717) is 10.9 Å². The molecule has 2 heterocycles. The summed E-state index contributed by atoms with van der Waals surface area (Å²) in [5, 5.41) is 0.680. The van der Waals surface area contributed by atoms with Crippen molar-refractivity contribution < 1.29 is 4.74 Å². The molecule has 3 nitrogen and oxygen atoms in total. The number of nitrogens with two attached hydrogens (primary N) is 1. The highest BCUT2D eigenvalue weighted by Gasteiger charge is 2.44. The van der Waals surface area contributed by atoms with Crippen molar-refractivity contribution in [3.63, 3.8) is 0 Å². The van der Waals surface area contributed by atoms with Gasteiger partial charge in [0.2, 0.25) is 0 Å². The summed E-state index contributed by atoms with van der Waals surface area (Å²) in [5.41, 5.74) is 7.56. The molecule has 1 aromatic rings. The molecule has 0 amide bonds. The van der Waals surface area contributed by atoms with Gasteiger partial charge in [0.25, 0.3) is 0 Å². The van der Waals surface area contributed by atoms with E-state index in [1.807, 2.05) is 6.07 Å². The van der Waals surface area contributed by atoms with Crippen LogP contribution in [-0.2, 0) is 4.74 Å². The molecule has 2 unspecified atom stereocenters. The van der Waals surface area contributed by atoms with Crippen LogP contribution in [0.4, 0.5) is 0 Å². The first-order chi connectivity index (χ1) is 8.70. The Morgan fingerprint density at radius 1 is 1.50 bits per heavy atom. The van der Waals surface area contributed by atoms with Crippen LogP contribution < -0.4 is 5.73 Å². The lowest BCUT2D eigenvalue weighted by Crippen LogP contribution is -2.47. The lowest BCUT2D eigenvalue weighted by molar-refractivity contribution is -0.146. The third-order valence-electron chi connectivity index (χ3n) is 4.47. The van der Waals surface area contributed by atoms with Gasteiger partial charge in [-0.3, -0.25) is 4.98 Å². The fourth-order valence-corrected chi connectivity index (χ4v) is 3.45. The zero-order valence-corrected chi connectivity index (χ0v) is 11.2. The van der Waals surface area contributed by atoms with Gasteiger partial charge < -0.3 is 10.5 Å².